The first-order chi connectivity index (χ1) is 9.53. The summed E-state index contributed by atoms with van der Waals surface area (Å²) in [6.07, 6.45) is 1.70. The summed E-state index contributed by atoms with van der Waals surface area (Å²) in [5.74, 6) is -0.0619. The Morgan fingerprint density at radius 3 is 2.70 bits per heavy atom. The first-order valence-corrected chi connectivity index (χ1v) is 8.24. The molecule has 0 amide bonds. The Bertz CT molecular complexity index is 577. The smallest absolute Gasteiger partial charge is 0.240 e. The number of hydrogen-bond acceptors (Lipinski definition) is 4. The Morgan fingerprint density at radius 1 is 1.35 bits per heavy atom. The van der Waals surface area contributed by atoms with Crippen molar-refractivity contribution in [3.63, 3.8) is 0 Å². The van der Waals surface area contributed by atoms with Gasteiger partial charge >= 0.3 is 0 Å². The fraction of sp³-hybridized carbons (Fsp3) is 0.500. The molecule has 1 heterocycles. The van der Waals surface area contributed by atoms with Gasteiger partial charge in [0, 0.05) is 31.2 Å². The lowest BCUT2D eigenvalue weighted by Gasteiger charge is -2.23. The molecule has 0 spiro atoms. The van der Waals surface area contributed by atoms with Gasteiger partial charge in [0.05, 0.1) is 4.90 Å². The summed E-state index contributed by atoms with van der Waals surface area (Å²) >= 11 is 0. The van der Waals surface area contributed by atoms with Crippen LogP contribution in [0.5, 0.6) is 0 Å². The van der Waals surface area contributed by atoms with Gasteiger partial charge in [-0.3, -0.25) is 4.79 Å². The average molecular weight is 297 g/mol. The van der Waals surface area contributed by atoms with E-state index in [1.165, 1.54) is 12.1 Å². The number of nitrogens with one attached hydrogen (secondary N) is 1. The molecule has 110 valence electrons. The van der Waals surface area contributed by atoms with Crippen molar-refractivity contribution in [1.29, 1.82) is 0 Å². The lowest BCUT2D eigenvalue weighted by molar-refractivity contribution is 0.0832. The van der Waals surface area contributed by atoms with Crippen molar-refractivity contribution in [2.45, 2.75) is 37.1 Å². The van der Waals surface area contributed by atoms with Gasteiger partial charge in [0.1, 0.15) is 0 Å². The second kappa shape index (κ2) is 6.47. The molecule has 0 aliphatic carbocycles. The van der Waals surface area contributed by atoms with Gasteiger partial charge in [-0.2, -0.15) is 0 Å². The molecule has 1 aliphatic heterocycles. The maximum Gasteiger partial charge on any atom is 0.240 e. The van der Waals surface area contributed by atoms with Crippen LogP contribution in [0.1, 0.15) is 36.5 Å². The minimum Gasteiger partial charge on any atom is -0.381 e. The summed E-state index contributed by atoms with van der Waals surface area (Å²) in [5, 5.41) is 0. The van der Waals surface area contributed by atoms with Crippen molar-refractivity contribution in [1.82, 2.24) is 4.72 Å². The van der Waals surface area contributed by atoms with E-state index in [0.717, 1.165) is 0 Å². The van der Waals surface area contributed by atoms with Crippen LogP contribution >= 0.6 is 0 Å². The van der Waals surface area contributed by atoms with E-state index >= 15 is 0 Å². The van der Waals surface area contributed by atoms with E-state index in [2.05, 4.69) is 4.72 Å². The maximum atomic E-state index is 12.3. The average Bonchev–Trinajstić information content (AvgIpc) is 2.47. The monoisotopic (exact) mass is 297 g/mol. The molecule has 1 fully saturated rings. The van der Waals surface area contributed by atoms with Crippen LogP contribution in [0.15, 0.2) is 29.2 Å². The highest BCUT2D eigenvalue weighted by atomic mass is 32.2. The number of rotatable bonds is 5. The molecule has 0 unspecified atom stereocenters. The predicted octanol–water partition coefficient (Wildman–Crippen LogP) is 1.74. The molecule has 2 rings (SSSR count). The van der Waals surface area contributed by atoms with Crippen molar-refractivity contribution in [3.8, 4) is 0 Å². The third kappa shape index (κ3) is 3.65. The number of hydrogen-bond donors (Lipinski definition) is 1. The van der Waals surface area contributed by atoms with Crippen molar-refractivity contribution in [2.75, 3.05) is 13.2 Å². The predicted molar refractivity (Wildman–Crippen MR) is 75.2 cm³/mol. The minimum atomic E-state index is -3.58. The van der Waals surface area contributed by atoms with Gasteiger partial charge < -0.3 is 4.74 Å². The van der Waals surface area contributed by atoms with Crippen LogP contribution < -0.4 is 4.72 Å². The third-order valence-corrected chi connectivity index (χ3v) is 4.85. The first-order valence-electron chi connectivity index (χ1n) is 6.76. The number of Topliss-reactive ketones (excluding diaryl/α,β-unsaturated/α-hetero) is 1. The molecule has 20 heavy (non-hydrogen) atoms. The number of carbonyl (C=O) groups excluding carboxylic acids is 1. The molecule has 5 nitrogen and oxygen atoms in total. The van der Waals surface area contributed by atoms with E-state index in [1.807, 2.05) is 0 Å². The Morgan fingerprint density at radius 2 is 2.05 bits per heavy atom. The Balaban J connectivity index is 2.18. The van der Waals surface area contributed by atoms with Gasteiger partial charge in [0.15, 0.2) is 5.78 Å². The van der Waals surface area contributed by atoms with Crippen LogP contribution in [0, 0.1) is 0 Å². The normalized spacial score (nSPS) is 17.1. The SMILES string of the molecule is CCC(=O)c1cccc(S(=O)(=O)NC2CCOCC2)c1. The summed E-state index contributed by atoms with van der Waals surface area (Å²) in [5.41, 5.74) is 0.433. The maximum absolute atomic E-state index is 12.3. The molecular formula is C14H19NO4S. The van der Waals surface area contributed by atoms with E-state index in [4.69, 9.17) is 4.74 Å². The molecule has 1 aromatic rings. The molecule has 1 aliphatic rings. The lowest BCUT2D eigenvalue weighted by Crippen LogP contribution is -2.38. The fourth-order valence-corrected chi connectivity index (χ4v) is 3.49. The fourth-order valence-electron chi connectivity index (χ4n) is 2.14. The lowest BCUT2D eigenvalue weighted by atomic mass is 10.1. The highest BCUT2D eigenvalue weighted by molar-refractivity contribution is 7.89. The number of ketones is 1. The van der Waals surface area contributed by atoms with E-state index in [1.54, 1.807) is 19.1 Å². The second-order valence-electron chi connectivity index (χ2n) is 4.81. The number of benzene rings is 1. The zero-order chi connectivity index (χ0) is 14.6. The van der Waals surface area contributed by atoms with Gasteiger partial charge in [-0.25, -0.2) is 13.1 Å². The van der Waals surface area contributed by atoms with Crippen molar-refractivity contribution in [2.24, 2.45) is 0 Å². The third-order valence-electron chi connectivity index (χ3n) is 3.33. The van der Waals surface area contributed by atoms with Gasteiger partial charge in [-0.05, 0) is 25.0 Å². The zero-order valence-corrected chi connectivity index (χ0v) is 12.3. The molecule has 6 heteroatoms. The quantitative estimate of drug-likeness (QED) is 0.840. The van der Waals surface area contributed by atoms with Gasteiger partial charge in [-0.1, -0.05) is 19.1 Å². The molecule has 1 aromatic carbocycles. The van der Waals surface area contributed by atoms with Crippen LogP contribution in [0.4, 0.5) is 0 Å². The second-order valence-corrected chi connectivity index (χ2v) is 6.53. The molecule has 0 aromatic heterocycles. The highest BCUT2D eigenvalue weighted by Crippen LogP contribution is 2.16. The van der Waals surface area contributed by atoms with E-state index in [0.29, 0.717) is 38.0 Å². The molecular weight excluding hydrogens is 278 g/mol. The van der Waals surface area contributed by atoms with Gasteiger partial charge in [0.2, 0.25) is 10.0 Å². The van der Waals surface area contributed by atoms with E-state index < -0.39 is 10.0 Å². The molecule has 0 radical (unpaired) electrons. The van der Waals surface area contributed by atoms with Crippen LogP contribution in [-0.4, -0.2) is 33.5 Å². The topological polar surface area (TPSA) is 72.5 Å². The van der Waals surface area contributed by atoms with Crippen LogP contribution in [0.25, 0.3) is 0 Å². The molecule has 0 atom stereocenters. The number of sulfonamides is 1. The Hall–Kier alpha value is -1.24. The minimum absolute atomic E-state index is 0.0619. The standard InChI is InChI=1S/C14H19NO4S/c1-2-14(16)11-4-3-5-13(10-11)20(17,18)15-12-6-8-19-9-7-12/h3-5,10,12,15H,2,6-9H2,1H3. The summed E-state index contributed by atoms with van der Waals surface area (Å²) < 4.78 is 32.5. The van der Waals surface area contributed by atoms with Crippen LogP contribution in [-0.2, 0) is 14.8 Å². The molecule has 0 saturated carbocycles. The zero-order valence-electron chi connectivity index (χ0n) is 11.5. The summed E-state index contributed by atoms with van der Waals surface area (Å²) in [4.78, 5) is 11.8. The van der Waals surface area contributed by atoms with Gasteiger partial charge in [0.25, 0.3) is 0 Å². The summed E-state index contributed by atoms with van der Waals surface area (Å²) in [6.45, 7) is 2.90. The Labute approximate surface area is 119 Å². The summed E-state index contributed by atoms with van der Waals surface area (Å²) in [6, 6.07) is 6.08. The van der Waals surface area contributed by atoms with Crippen molar-refractivity contribution >= 4 is 15.8 Å². The van der Waals surface area contributed by atoms with Crippen LogP contribution in [0.3, 0.4) is 0 Å². The molecule has 1 N–H and O–H groups in total. The van der Waals surface area contributed by atoms with Gasteiger partial charge in [-0.15, -0.1) is 0 Å². The van der Waals surface area contributed by atoms with Crippen LogP contribution in [0.2, 0.25) is 0 Å². The highest BCUT2D eigenvalue weighted by Gasteiger charge is 2.22. The largest absolute Gasteiger partial charge is 0.381 e. The van der Waals surface area contributed by atoms with Crippen molar-refractivity contribution in [3.05, 3.63) is 29.8 Å². The van der Waals surface area contributed by atoms with Crippen molar-refractivity contribution < 1.29 is 17.9 Å². The molecule has 1 saturated heterocycles. The Kier molecular flexibility index (Phi) is 4.91. The number of ether oxygens (including phenoxy) is 1. The number of carbonyl (C=O) groups is 1. The van der Waals surface area contributed by atoms with E-state index in [9.17, 15) is 13.2 Å². The van der Waals surface area contributed by atoms with E-state index in [-0.39, 0.29) is 16.7 Å². The summed E-state index contributed by atoms with van der Waals surface area (Å²) in [7, 11) is -3.58. The first kappa shape index (κ1) is 15.2. The molecule has 0 bridgehead atoms.